The third-order valence-electron chi connectivity index (χ3n) is 5.49. The predicted molar refractivity (Wildman–Crippen MR) is 116 cm³/mol. The molecule has 1 saturated heterocycles. The summed E-state index contributed by atoms with van der Waals surface area (Å²) < 4.78 is 12.5. The minimum Gasteiger partial charge on any atom is -0.431 e. The Morgan fingerprint density at radius 3 is 2.14 bits per heavy atom. The Kier molecular flexibility index (Phi) is 5.27. The van der Waals surface area contributed by atoms with Crippen molar-refractivity contribution < 1.29 is 8.84 Å². The molecule has 0 radical (unpaired) electrons. The molecule has 1 aliphatic rings. The van der Waals surface area contributed by atoms with Crippen molar-refractivity contribution in [2.24, 2.45) is 11.3 Å². The molecule has 0 spiro atoms. The van der Waals surface area contributed by atoms with Crippen LogP contribution in [0.25, 0.3) is 0 Å². The van der Waals surface area contributed by atoms with Gasteiger partial charge in [0.15, 0.2) is 5.69 Å². The highest BCUT2D eigenvalue weighted by atomic mass is 28.3. The van der Waals surface area contributed by atoms with E-state index in [4.69, 9.17) is 14.1 Å². The number of nitrogens with zero attached hydrogens (tertiary/aromatic N) is 3. The summed E-state index contributed by atoms with van der Waals surface area (Å²) in [6, 6.07) is 23.4. The Labute approximate surface area is 173 Å². The van der Waals surface area contributed by atoms with Crippen LogP contribution in [-0.2, 0) is 4.43 Å². The molecule has 1 aromatic heterocycles. The fourth-order valence-corrected chi connectivity index (χ4v) is 6.19. The highest BCUT2D eigenvalue weighted by Crippen LogP contribution is 2.42. The monoisotopic (exact) mass is 403 g/mol. The molecule has 1 aliphatic heterocycles. The van der Waals surface area contributed by atoms with Crippen molar-refractivity contribution in [2.45, 2.75) is 27.0 Å². The summed E-state index contributed by atoms with van der Waals surface area (Å²) in [5, 5.41) is 11.6. The Hall–Kier alpha value is -2.88. The van der Waals surface area contributed by atoms with Gasteiger partial charge >= 0.3 is 6.01 Å². The third kappa shape index (κ3) is 3.97. The van der Waals surface area contributed by atoms with Crippen LogP contribution >= 0.6 is 0 Å². The minimum atomic E-state index is -1.92. The van der Waals surface area contributed by atoms with Gasteiger partial charge in [0.05, 0.1) is 0 Å². The molecule has 0 saturated carbocycles. The van der Waals surface area contributed by atoms with Crippen LogP contribution < -0.4 is 15.3 Å². The van der Waals surface area contributed by atoms with E-state index < -0.39 is 9.04 Å². The molecule has 2 aromatic carbocycles. The maximum absolute atomic E-state index is 9.10. The van der Waals surface area contributed by atoms with E-state index >= 15 is 0 Å². The maximum atomic E-state index is 9.10. The van der Waals surface area contributed by atoms with E-state index in [0.29, 0.717) is 11.9 Å². The van der Waals surface area contributed by atoms with E-state index in [1.807, 2.05) is 23.1 Å². The molecule has 2 unspecified atom stereocenters. The van der Waals surface area contributed by atoms with E-state index in [1.165, 1.54) is 16.6 Å². The standard InChI is InChI=1S/C23H25N3O2Si/c1-23(2,3)20-15-26(22-25-17(14-24)16-27-22)21(20)28-29(18-10-6-4-7-11-18)19-12-8-5-9-13-19/h4-13,16,20-21,29H,15H2,1-3H3. The smallest absolute Gasteiger partial charge is 0.300 e. The maximum Gasteiger partial charge on any atom is 0.300 e. The first-order valence-electron chi connectivity index (χ1n) is 9.85. The zero-order valence-electron chi connectivity index (χ0n) is 16.9. The summed E-state index contributed by atoms with van der Waals surface area (Å²) in [6.45, 7) is 7.51. The van der Waals surface area contributed by atoms with Gasteiger partial charge in [0.1, 0.15) is 18.6 Å². The second-order valence-corrected chi connectivity index (χ2v) is 10.8. The number of rotatable bonds is 5. The molecule has 6 heteroatoms. The highest BCUT2D eigenvalue weighted by Gasteiger charge is 2.49. The van der Waals surface area contributed by atoms with Crippen LogP contribution in [0.4, 0.5) is 6.01 Å². The lowest BCUT2D eigenvalue weighted by molar-refractivity contribution is 0.000416. The van der Waals surface area contributed by atoms with Gasteiger partial charge in [0, 0.05) is 12.5 Å². The molecule has 0 amide bonds. The summed E-state index contributed by atoms with van der Waals surface area (Å²) in [6.07, 6.45) is 1.26. The first kappa shape index (κ1) is 19.4. The molecule has 4 rings (SSSR count). The van der Waals surface area contributed by atoms with Gasteiger partial charge < -0.3 is 13.7 Å². The van der Waals surface area contributed by atoms with Crippen molar-refractivity contribution in [3.8, 4) is 6.07 Å². The molecule has 29 heavy (non-hydrogen) atoms. The van der Waals surface area contributed by atoms with Crippen molar-refractivity contribution in [1.29, 1.82) is 5.26 Å². The van der Waals surface area contributed by atoms with Crippen molar-refractivity contribution >= 4 is 25.4 Å². The van der Waals surface area contributed by atoms with Gasteiger partial charge in [-0.1, -0.05) is 81.4 Å². The number of hydrogen-bond acceptors (Lipinski definition) is 5. The first-order chi connectivity index (χ1) is 14.0. The molecule has 0 aliphatic carbocycles. The molecule has 5 nitrogen and oxygen atoms in total. The topological polar surface area (TPSA) is 62.3 Å². The van der Waals surface area contributed by atoms with Gasteiger partial charge in [-0.05, 0) is 15.8 Å². The summed E-state index contributed by atoms with van der Waals surface area (Å²) >= 11 is 0. The zero-order valence-corrected chi connectivity index (χ0v) is 18.1. The van der Waals surface area contributed by atoms with E-state index in [9.17, 15) is 0 Å². The van der Waals surface area contributed by atoms with Gasteiger partial charge in [0.2, 0.25) is 9.04 Å². The lowest BCUT2D eigenvalue weighted by Crippen LogP contribution is -2.65. The van der Waals surface area contributed by atoms with Crippen LogP contribution in [0.5, 0.6) is 0 Å². The van der Waals surface area contributed by atoms with Crippen LogP contribution in [0.2, 0.25) is 0 Å². The van der Waals surface area contributed by atoms with Crippen LogP contribution in [0.3, 0.4) is 0 Å². The van der Waals surface area contributed by atoms with E-state index in [2.05, 4.69) is 74.3 Å². The molecule has 3 aromatic rings. The molecule has 0 N–H and O–H groups in total. The molecule has 2 heterocycles. The van der Waals surface area contributed by atoms with Crippen LogP contribution in [0.15, 0.2) is 71.3 Å². The van der Waals surface area contributed by atoms with Crippen molar-refractivity contribution in [2.75, 3.05) is 11.4 Å². The Bertz CT molecular complexity index is 953. The molecular formula is C23H25N3O2Si. The first-order valence-corrected chi connectivity index (χ1v) is 11.5. The second-order valence-electron chi connectivity index (χ2n) is 8.48. The number of nitriles is 1. The zero-order chi connectivity index (χ0) is 20.4. The minimum absolute atomic E-state index is 0.0815. The number of aromatic nitrogens is 1. The number of anilines is 1. The second kappa shape index (κ2) is 7.86. The third-order valence-corrected chi connectivity index (χ3v) is 8.02. The Morgan fingerprint density at radius 2 is 1.66 bits per heavy atom. The quantitative estimate of drug-likeness (QED) is 0.613. The van der Waals surface area contributed by atoms with Crippen molar-refractivity contribution in [3.05, 3.63) is 72.6 Å². The lowest BCUT2D eigenvalue weighted by Gasteiger charge is -2.53. The highest BCUT2D eigenvalue weighted by molar-refractivity contribution is 6.80. The van der Waals surface area contributed by atoms with Crippen LogP contribution in [-0.4, -0.2) is 26.8 Å². The fourth-order valence-electron chi connectivity index (χ4n) is 3.73. The summed E-state index contributed by atoms with van der Waals surface area (Å²) in [5.74, 6) is 0.336. The molecular weight excluding hydrogens is 378 g/mol. The van der Waals surface area contributed by atoms with Gasteiger partial charge in [-0.25, -0.2) is 0 Å². The largest absolute Gasteiger partial charge is 0.431 e. The molecule has 148 valence electrons. The summed E-state index contributed by atoms with van der Waals surface area (Å²) in [7, 11) is -1.92. The van der Waals surface area contributed by atoms with Gasteiger partial charge in [-0.15, -0.1) is 0 Å². The van der Waals surface area contributed by atoms with Crippen LogP contribution in [0.1, 0.15) is 26.5 Å². The Morgan fingerprint density at radius 1 is 1.07 bits per heavy atom. The average Bonchev–Trinajstić information content (AvgIpc) is 3.16. The van der Waals surface area contributed by atoms with E-state index in [-0.39, 0.29) is 17.3 Å². The average molecular weight is 404 g/mol. The molecule has 1 fully saturated rings. The SMILES string of the molecule is CC(C)(C)C1CN(c2nc(C#N)co2)C1O[SiH](c1ccccc1)c1ccccc1. The number of benzene rings is 2. The molecule has 2 atom stereocenters. The van der Waals surface area contributed by atoms with Crippen molar-refractivity contribution in [1.82, 2.24) is 4.98 Å². The number of oxazole rings is 1. The van der Waals surface area contributed by atoms with E-state index in [1.54, 1.807) is 0 Å². The fraction of sp³-hybridized carbons (Fsp3) is 0.304. The normalized spacial score (nSPS) is 19.1. The van der Waals surface area contributed by atoms with E-state index in [0.717, 1.165) is 6.54 Å². The van der Waals surface area contributed by atoms with Gasteiger partial charge in [0.25, 0.3) is 0 Å². The number of hydrogen-bond donors (Lipinski definition) is 0. The molecule has 0 bridgehead atoms. The van der Waals surface area contributed by atoms with Gasteiger partial charge in [-0.2, -0.15) is 10.2 Å². The lowest BCUT2D eigenvalue weighted by atomic mass is 9.74. The van der Waals surface area contributed by atoms with Crippen molar-refractivity contribution in [3.63, 3.8) is 0 Å². The summed E-state index contributed by atoms with van der Waals surface area (Å²) in [5.41, 5.74) is 0.371. The summed E-state index contributed by atoms with van der Waals surface area (Å²) in [4.78, 5) is 6.35. The van der Waals surface area contributed by atoms with Crippen LogP contribution in [0, 0.1) is 22.7 Å². The Balaban J connectivity index is 1.68. The van der Waals surface area contributed by atoms with Gasteiger partial charge in [-0.3, -0.25) is 0 Å². The predicted octanol–water partition coefficient (Wildman–Crippen LogP) is 2.91.